The van der Waals surface area contributed by atoms with Crippen molar-refractivity contribution in [1.82, 2.24) is 15.1 Å². The number of nitrogens with one attached hydrogen (secondary N) is 1. The molecule has 1 aliphatic carbocycles. The molecule has 1 saturated heterocycles. The first kappa shape index (κ1) is 39.5. The molecule has 3 aliphatic rings. The van der Waals surface area contributed by atoms with Gasteiger partial charge in [0.1, 0.15) is 23.9 Å². The summed E-state index contributed by atoms with van der Waals surface area (Å²) < 4.78 is 26.3. The van der Waals surface area contributed by atoms with E-state index in [-0.39, 0.29) is 48.6 Å². The van der Waals surface area contributed by atoms with Crippen molar-refractivity contribution in [2.45, 2.75) is 90.8 Å². The molecule has 0 radical (unpaired) electrons. The zero-order valence-electron chi connectivity index (χ0n) is 31.6. The molecule has 2 amide bonds. The maximum absolute atomic E-state index is 14.8. The fraction of sp³-hybridized carbons (Fsp3) is 0.465. The fourth-order valence-electron chi connectivity index (χ4n) is 7.23. The molecule has 3 aromatic carbocycles. The van der Waals surface area contributed by atoms with E-state index in [1.165, 1.54) is 17.7 Å². The molecule has 0 unspecified atom stereocenters. The van der Waals surface area contributed by atoms with E-state index in [0.29, 0.717) is 55.1 Å². The van der Waals surface area contributed by atoms with E-state index in [9.17, 15) is 23.9 Å². The van der Waals surface area contributed by atoms with Crippen LogP contribution in [0.5, 0.6) is 11.5 Å². The Labute approximate surface area is 326 Å². The van der Waals surface area contributed by atoms with Crippen molar-refractivity contribution in [3.63, 3.8) is 0 Å². The van der Waals surface area contributed by atoms with Crippen molar-refractivity contribution in [1.29, 1.82) is 0 Å². The molecule has 0 spiro atoms. The highest BCUT2D eigenvalue weighted by Gasteiger charge is 2.43. The minimum absolute atomic E-state index is 0.0295. The van der Waals surface area contributed by atoms with Gasteiger partial charge in [-0.2, -0.15) is 0 Å². The zero-order valence-corrected chi connectivity index (χ0v) is 33.2. The number of nitrogens with zero attached hydrogens (tertiary/aromatic N) is 2. The van der Waals surface area contributed by atoms with Crippen LogP contribution in [0.4, 0.5) is 4.39 Å². The molecule has 6 rings (SSSR count). The van der Waals surface area contributed by atoms with Gasteiger partial charge in [0, 0.05) is 43.2 Å². The third-order valence-electron chi connectivity index (χ3n) is 10.9. The molecule has 2 aliphatic heterocycles. The highest BCUT2D eigenvalue weighted by molar-refractivity contribution is 9.10. The van der Waals surface area contributed by atoms with Crippen LogP contribution in [0.25, 0.3) is 5.57 Å². The summed E-state index contributed by atoms with van der Waals surface area (Å²) in [4.78, 5) is 43.8. The fourth-order valence-corrected chi connectivity index (χ4v) is 7.59. The average molecular weight is 805 g/mol. The number of amides is 2. The van der Waals surface area contributed by atoms with Gasteiger partial charge in [-0.1, -0.05) is 30.3 Å². The second-order valence-electron chi connectivity index (χ2n) is 15.5. The molecule has 54 heavy (non-hydrogen) atoms. The Hall–Kier alpha value is -4.22. The van der Waals surface area contributed by atoms with Crippen LogP contribution in [0.15, 0.2) is 70.7 Å². The van der Waals surface area contributed by atoms with Crippen LogP contribution < -0.4 is 14.8 Å². The van der Waals surface area contributed by atoms with Crippen LogP contribution in [0.2, 0.25) is 0 Å². The molecule has 2 fully saturated rings. The topological polar surface area (TPSA) is 108 Å². The number of hydrogen-bond acceptors (Lipinski definition) is 6. The lowest BCUT2D eigenvalue weighted by molar-refractivity contribution is -0.148. The predicted octanol–water partition coefficient (Wildman–Crippen LogP) is 7.50. The van der Waals surface area contributed by atoms with Crippen molar-refractivity contribution in [3.8, 4) is 11.5 Å². The quantitative estimate of drug-likeness (QED) is 0.145. The van der Waals surface area contributed by atoms with E-state index < -0.39 is 11.4 Å². The lowest BCUT2D eigenvalue weighted by Crippen LogP contribution is -2.62. The number of carboxylic acid groups (broad SMARTS) is 1. The van der Waals surface area contributed by atoms with Crippen molar-refractivity contribution >= 4 is 39.3 Å². The zero-order chi connectivity index (χ0) is 38.6. The normalized spacial score (nSPS) is 18.4. The van der Waals surface area contributed by atoms with Crippen LogP contribution in [0, 0.1) is 25.1 Å². The Balaban J connectivity index is 1.20. The SMILES string of the molecule is Cc1ccc(OCCN(C(=O)C2=C(c3ccc(CCCOc4cc(F)ccc4Br)cc3)C[C@@H]3CN(C(=O)CCC(C)(C)C(=O)O)C[C@H]2N3)C2CC2)cc1C. The average Bonchev–Trinajstić information content (AvgIpc) is 3.99. The smallest absolute Gasteiger partial charge is 0.309 e. The first-order valence-electron chi connectivity index (χ1n) is 19.0. The minimum Gasteiger partial charge on any atom is -0.492 e. The number of halogens is 2. The second kappa shape index (κ2) is 17.1. The molecule has 2 bridgehead atoms. The monoisotopic (exact) mass is 803 g/mol. The number of aliphatic carboxylic acids is 1. The lowest BCUT2D eigenvalue weighted by Gasteiger charge is -2.45. The van der Waals surface area contributed by atoms with E-state index in [0.717, 1.165) is 53.7 Å². The standard InChI is InChI=1S/C43H51BrFN3O6/c1-27-7-15-34(22-28(27)2)53-21-19-48(33-13-14-33)41(50)40-35(24-32-25-47(26-37(40)46-32)39(49)17-18-43(3,4)42(51)52)30-10-8-29(9-11-30)6-5-20-54-38-23-31(45)12-16-36(38)44/h7-12,15-16,22-23,32-33,37,46H,5-6,13-14,17-21,24-26H2,1-4H3,(H,51,52)/t32-,37-/m1/s1. The molecular formula is C43H51BrFN3O6. The Kier molecular flexibility index (Phi) is 12.5. The first-order valence-corrected chi connectivity index (χ1v) is 19.8. The summed E-state index contributed by atoms with van der Waals surface area (Å²) in [6.07, 6.45) is 4.36. The van der Waals surface area contributed by atoms with Crippen LogP contribution in [-0.4, -0.2) is 83.7 Å². The highest BCUT2D eigenvalue weighted by Crippen LogP contribution is 2.37. The summed E-state index contributed by atoms with van der Waals surface area (Å²) in [5.74, 6) is -0.126. The van der Waals surface area contributed by atoms with Gasteiger partial charge in [-0.05, 0) is 134 Å². The number of ether oxygens (including phenoxy) is 2. The first-order chi connectivity index (χ1) is 25.8. The van der Waals surface area contributed by atoms with E-state index in [1.54, 1.807) is 19.9 Å². The van der Waals surface area contributed by atoms with Gasteiger partial charge in [-0.3, -0.25) is 14.4 Å². The highest BCUT2D eigenvalue weighted by atomic mass is 79.9. The number of carboxylic acids is 1. The number of rotatable bonds is 16. The minimum atomic E-state index is -1.00. The maximum atomic E-state index is 14.8. The summed E-state index contributed by atoms with van der Waals surface area (Å²) in [5.41, 5.74) is 5.15. The Morgan fingerprint density at radius 1 is 0.981 bits per heavy atom. The predicted molar refractivity (Wildman–Crippen MR) is 210 cm³/mol. The number of aryl methyl sites for hydroxylation is 3. The molecule has 9 nitrogen and oxygen atoms in total. The van der Waals surface area contributed by atoms with Crippen LogP contribution in [0.1, 0.15) is 74.6 Å². The molecule has 3 aromatic rings. The van der Waals surface area contributed by atoms with Crippen LogP contribution >= 0.6 is 15.9 Å². The van der Waals surface area contributed by atoms with Gasteiger partial charge in [0.25, 0.3) is 5.91 Å². The number of piperazine rings is 1. The molecule has 2 atom stereocenters. The Morgan fingerprint density at radius 2 is 1.74 bits per heavy atom. The van der Waals surface area contributed by atoms with Gasteiger partial charge in [0.15, 0.2) is 0 Å². The van der Waals surface area contributed by atoms with Gasteiger partial charge in [0.05, 0.1) is 29.1 Å². The van der Waals surface area contributed by atoms with Crippen LogP contribution in [-0.2, 0) is 20.8 Å². The van der Waals surface area contributed by atoms with Crippen LogP contribution in [0.3, 0.4) is 0 Å². The summed E-state index contributed by atoms with van der Waals surface area (Å²) in [7, 11) is 0. The summed E-state index contributed by atoms with van der Waals surface area (Å²) >= 11 is 3.41. The molecular weight excluding hydrogens is 753 g/mol. The van der Waals surface area contributed by atoms with Crippen molar-refractivity contribution in [3.05, 3.63) is 98.8 Å². The van der Waals surface area contributed by atoms with Gasteiger partial charge >= 0.3 is 5.97 Å². The molecule has 288 valence electrons. The van der Waals surface area contributed by atoms with Gasteiger partial charge in [-0.25, -0.2) is 4.39 Å². The summed E-state index contributed by atoms with van der Waals surface area (Å²) in [5, 5.41) is 13.3. The van der Waals surface area contributed by atoms with E-state index >= 15 is 0 Å². The summed E-state index contributed by atoms with van der Waals surface area (Å²) in [6, 6.07) is 18.5. The third kappa shape index (κ3) is 9.71. The molecule has 11 heteroatoms. The largest absolute Gasteiger partial charge is 0.492 e. The van der Waals surface area contributed by atoms with Gasteiger partial charge < -0.3 is 29.7 Å². The Morgan fingerprint density at radius 3 is 2.44 bits per heavy atom. The van der Waals surface area contributed by atoms with Gasteiger partial charge in [0.2, 0.25) is 5.91 Å². The Bertz CT molecular complexity index is 1890. The molecule has 1 saturated carbocycles. The lowest BCUT2D eigenvalue weighted by atomic mass is 9.82. The van der Waals surface area contributed by atoms with E-state index in [2.05, 4.69) is 59.4 Å². The van der Waals surface area contributed by atoms with Crippen molar-refractivity contribution < 1.29 is 33.4 Å². The number of benzene rings is 3. The molecule has 0 aromatic heterocycles. The molecule has 2 N–H and O–H groups in total. The van der Waals surface area contributed by atoms with Gasteiger partial charge in [-0.15, -0.1) is 0 Å². The van der Waals surface area contributed by atoms with E-state index in [4.69, 9.17) is 9.47 Å². The third-order valence-corrected chi connectivity index (χ3v) is 11.6. The van der Waals surface area contributed by atoms with E-state index in [1.807, 2.05) is 28.0 Å². The molecule has 2 heterocycles. The summed E-state index contributed by atoms with van der Waals surface area (Å²) in [6.45, 7) is 9.49. The number of fused-ring (bicyclic) bond motifs is 2. The maximum Gasteiger partial charge on any atom is 0.309 e. The number of carbonyl (C=O) groups excluding carboxylic acids is 2. The van der Waals surface area contributed by atoms with Crippen molar-refractivity contribution in [2.75, 3.05) is 32.8 Å². The van der Waals surface area contributed by atoms with Crippen molar-refractivity contribution in [2.24, 2.45) is 5.41 Å². The number of hydrogen-bond donors (Lipinski definition) is 2. The number of carbonyl (C=O) groups is 3. The second-order valence-corrected chi connectivity index (χ2v) is 16.4.